The summed E-state index contributed by atoms with van der Waals surface area (Å²) in [5.74, 6) is -1.24. The number of nitro groups is 1. The van der Waals surface area contributed by atoms with Crippen molar-refractivity contribution in [2.24, 2.45) is 0 Å². The number of esters is 1. The second-order valence-electron chi connectivity index (χ2n) is 10.7. The third-order valence-corrected chi connectivity index (χ3v) is 12.7. The van der Waals surface area contributed by atoms with Crippen LogP contribution in [0.4, 0.5) is 5.69 Å². The number of carbonyl (C=O) groups is 2. The van der Waals surface area contributed by atoms with Crippen molar-refractivity contribution in [1.82, 2.24) is 5.32 Å². The molecular weight excluding hydrogens is 726 g/mol. The van der Waals surface area contributed by atoms with Gasteiger partial charge in [-0.05, 0) is 73.4 Å². The first-order valence-electron chi connectivity index (χ1n) is 14.9. The lowest BCUT2D eigenvalue weighted by molar-refractivity contribution is -0.384. The Morgan fingerprint density at radius 1 is 0.787 bits per heavy atom. The summed E-state index contributed by atoms with van der Waals surface area (Å²) in [6.07, 6.45) is 2.06. The highest BCUT2D eigenvalue weighted by Gasteiger charge is 2.44. The Bertz CT molecular complexity index is 1470. The molecule has 4 aromatic rings. The zero-order valence-electron chi connectivity index (χ0n) is 25.5. The van der Waals surface area contributed by atoms with Crippen LogP contribution >= 0.6 is 47.4 Å². The number of aliphatic hydroxyl groups excluding tert-OH is 1. The first-order chi connectivity index (χ1) is 22.2. The van der Waals surface area contributed by atoms with Gasteiger partial charge >= 0.3 is 5.97 Å². The van der Waals surface area contributed by atoms with E-state index in [0.717, 1.165) is 19.0 Å². The molecule has 0 aliphatic rings. The standard InChI is InChI=1S/C35H35Cl2N2O6P.BrH/c36-34(37)35(42)38-31(33(41)26-20-22-27(23-21-26)39(43)44)25-45-32(40)19-11-4-12-24-46(28-13-5-1-6-14-28,29-15-7-2-8-16-29)30-17-9-3-10-18-30;/h1-3,5-10,13-18,20-23,31,33-34,41H,4,11-12,19,24-25H2;1H/p+1/t31-,33+;/m0./s1. The van der Waals surface area contributed by atoms with Gasteiger partial charge in [0.2, 0.25) is 0 Å². The molecule has 2 atom stereocenters. The number of carbonyl (C=O) groups excluding carboxylic acids is 2. The number of nitrogens with zero attached hydrogens (tertiary/aromatic N) is 1. The Kier molecular flexibility index (Phi) is 15.3. The van der Waals surface area contributed by atoms with Gasteiger partial charge in [0.25, 0.3) is 11.6 Å². The Hall–Kier alpha value is -3.33. The molecule has 4 aromatic carbocycles. The zero-order valence-corrected chi connectivity index (χ0v) is 29.6. The molecule has 4 rings (SSSR count). The van der Waals surface area contributed by atoms with Crippen LogP contribution in [-0.4, -0.2) is 45.6 Å². The number of nitrogens with one attached hydrogen (secondary N) is 1. The second kappa shape index (κ2) is 18.9. The number of alkyl halides is 2. The van der Waals surface area contributed by atoms with Gasteiger partial charge in [0.1, 0.15) is 35.9 Å². The van der Waals surface area contributed by atoms with Crippen LogP contribution in [0.15, 0.2) is 115 Å². The van der Waals surface area contributed by atoms with Gasteiger partial charge in [-0.3, -0.25) is 19.7 Å². The Morgan fingerprint density at radius 2 is 1.28 bits per heavy atom. The fraction of sp³-hybridized carbons (Fsp3) is 0.257. The summed E-state index contributed by atoms with van der Waals surface area (Å²) >= 11 is 11.4. The number of halogens is 3. The predicted molar refractivity (Wildman–Crippen MR) is 195 cm³/mol. The fourth-order valence-corrected chi connectivity index (χ4v) is 9.95. The highest BCUT2D eigenvalue weighted by atomic mass is 79.9. The molecule has 47 heavy (non-hydrogen) atoms. The molecule has 0 aromatic heterocycles. The van der Waals surface area contributed by atoms with E-state index >= 15 is 0 Å². The normalized spacial score (nSPS) is 12.4. The van der Waals surface area contributed by atoms with Crippen LogP contribution in [-0.2, 0) is 14.3 Å². The minimum Gasteiger partial charge on any atom is -0.463 e. The van der Waals surface area contributed by atoms with E-state index in [1.54, 1.807) is 0 Å². The van der Waals surface area contributed by atoms with Crippen molar-refractivity contribution < 1.29 is 24.4 Å². The van der Waals surface area contributed by atoms with E-state index in [0.29, 0.717) is 6.42 Å². The minimum atomic E-state index is -1.96. The maximum absolute atomic E-state index is 12.7. The van der Waals surface area contributed by atoms with E-state index in [1.165, 1.54) is 40.2 Å². The Morgan fingerprint density at radius 3 is 1.72 bits per heavy atom. The van der Waals surface area contributed by atoms with Crippen molar-refractivity contribution in [1.29, 1.82) is 0 Å². The molecule has 0 radical (unpaired) electrons. The number of rotatable bonds is 16. The van der Waals surface area contributed by atoms with Crippen molar-refractivity contribution in [3.05, 3.63) is 131 Å². The van der Waals surface area contributed by atoms with Gasteiger partial charge < -0.3 is 15.2 Å². The molecule has 0 unspecified atom stereocenters. The summed E-state index contributed by atoms with van der Waals surface area (Å²) in [5, 5.41) is 28.3. The van der Waals surface area contributed by atoms with Crippen LogP contribution in [0, 0.1) is 10.1 Å². The topological polar surface area (TPSA) is 119 Å². The van der Waals surface area contributed by atoms with Gasteiger partial charge in [-0.25, -0.2) is 0 Å². The molecule has 0 fully saturated rings. The molecule has 2 N–H and O–H groups in total. The molecule has 0 saturated heterocycles. The van der Waals surface area contributed by atoms with Crippen LogP contribution in [0.2, 0.25) is 0 Å². The number of amides is 1. The van der Waals surface area contributed by atoms with Crippen LogP contribution in [0.3, 0.4) is 0 Å². The van der Waals surface area contributed by atoms with Gasteiger partial charge in [0, 0.05) is 18.6 Å². The monoisotopic (exact) mass is 761 g/mol. The third kappa shape index (κ3) is 10.3. The molecule has 0 spiro atoms. The molecular formula is C35H37BrCl2N2O6P+. The number of aliphatic hydroxyl groups is 1. The molecule has 0 aliphatic heterocycles. The number of unbranched alkanes of at least 4 members (excludes halogenated alkanes) is 2. The quantitative estimate of drug-likeness (QED) is 0.0332. The summed E-state index contributed by atoms with van der Waals surface area (Å²) in [6, 6.07) is 36.0. The maximum Gasteiger partial charge on any atom is 0.305 e. The number of nitro benzene ring substituents is 1. The highest BCUT2D eigenvalue weighted by Crippen LogP contribution is 2.56. The van der Waals surface area contributed by atoms with E-state index in [1.807, 2.05) is 18.2 Å². The smallest absolute Gasteiger partial charge is 0.305 e. The Labute approximate surface area is 295 Å². The third-order valence-electron chi connectivity index (χ3n) is 7.74. The average molecular weight is 763 g/mol. The largest absolute Gasteiger partial charge is 0.463 e. The fourth-order valence-electron chi connectivity index (χ4n) is 5.41. The van der Waals surface area contributed by atoms with Gasteiger partial charge in [-0.1, -0.05) is 77.8 Å². The number of hydrogen-bond acceptors (Lipinski definition) is 6. The van der Waals surface area contributed by atoms with E-state index in [-0.39, 0.29) is 41.3 Å². The molecule has 1 amide bonds. The summed E-state index contributed by atoms with van der Waals surface area (Å²) in [6.45, 7) is -0.339. The van der Waals surface area contributed by atoms with Crippen molar-refractivity contribution >= 4 is 80.9 Å². The van der Waals surface area contributed by atoms with Crippen LogP contribution < -0.4 is 21.2 Å². The molecule has 0 aliphatic carbocycles. The summed E-state index contributed by atoms with van der Waals surface area (Å²) in [5.41, 5.74) is 0.134. The number of non-ortho nitro benzene ring substituents is 1. The molecule has 12 heteroatoms. The SMILES string of the molecule is Br.O=C(CCCCC[P+](c1ccccc1)(c1ccccc1)c1ccccc1)OC[C@H](NC(=O)C(Cl)Cl)[C@H](O)c1ccc([N+](=O)[O-])cc1. The van der Waals surface area contributed by atoms with E-state index in [9.17, 15) is 24.8 Å². The number of hydrogen-bond donors (Lipinski definition) is 2. The van der Waals surface area contributed by atoms with Crippen molar-refractivity contribution in [3.63, 3.8) is 0 Å². The van der Waals surface area contributed by atoms with Gasteiger partial charge in [-0.2, -0.15) is 0 Å². The van der Waals surface area contributed by atoms with E-state index in [2.05, 4.69) is 78.1 Å². The lowest BCUT2D eigenvalue weighted by Gasteiger charge is -2.27. The lowest BCUT2D eigenvalue weighted by Crippen LogP contribution is -2.45. The molecule has 0 saturated carbocycles. The van der Waals surface area contributed by atoms with Crippen LogP contribution in [0.25, 0.3) is 0 Å². The summed E-state index contributed by atoms with van der Waals surface area (Å²) < 4.78 is 5.44. The van der Waals surface area contributed by atoms with Gasteiger partial charge in [0.15, 0.2) is 4.84 Å². The highest BCUT2D eigenvalue weighted by molar-refractivity contribution is 8.93. The molecule has 0 heterocycles. The van der Waals surface area contributed by atoms with E-state index in [4.69, 9.17) is 27.9 Å². The van der Waals surface area contributed by atoms with Crippen LogP contribution in [0.1, 0.15) is 37.4 Å². The van der Waals surface area contributed by atoms with Crippen LogP contribution in [0.5, 0.6) is 0 Å². The Balaban J connectivity index is 0.00000600. The lowest BCUT2D eigenvalue weighted by atomic mass is 10.0. The first-order valence-corrected chi connectivity index (χ1v) is 17.8. The molecule has 8 nitrogen and oxygen atoms in total. The zero-order chi connectivity index (χ0) is 32.9. The van der Waals surface area contributed by atoms with Gasteiger partial charge in [0.05, 0.1) is 17.1 Å². The second-order valence-corrected chi connectivity index (χ2v) is 15.5. The van der Waals surface area contributed by atoms with Gasteiger partial charge in [-0.15, -0.1) is 17.0 Å². The van der Waals surface area contributed by atoms with Crippen molar-refractivity contribution in [2.45, 2.75) is 42.7 Å². The minimum absolute atomic E-state index is 0. The molecule has 248 valence electrons. The average Bonchev–Trinajstić information content (AvgIpc) is 3.09. The predicted octanol–water partition coefficient (Wildman–Crippen LogP) is 6.59. The summed E-state index contributed by atoms with van der Waals surface area (Å²) in [7, 11) is -1.96. The van der Waals surface area contributed by atoms with Crippen molar-refractivity contribution in [2.75, 3.05) is 12.8 Å². The van der Waals surface area contributed by atoms with Crippen molar-refractivity contribution in [3.8, 4) is 0 Å². The molecule has 0 bridgehead atoms. The number of ether oxygens (including phenoxy) is 1. The summed E-state index contributed by atoms with van der Waals surface area (Å²) in [4.78, 5) is 34.0. The van der Waals surface area contributed by atoms with E-state index < -0.39 is 41.0 Å². The first kappa shape index (κ1) is 38.1. The maximum atomic E-state index is 12.7. The number of benzene rings is 4.